The number of carbonyl (C=O) groups is 1. The highest BCUT2D eigenvalue weighted by atomic mass is 16.5. The zero-order valence-electron chi connectivity index (χ0n) is 13.0. The quantitative estimate of drug-likeness (QED) is 0.788. The fourth-order valence-corrected chi connectivity index (χ4v) is 3.08. The molecule has 0 aromatic heterocycles. The number of methoxy groups -OCH3 is 1. The maximum absolute atomic E-state index is 12.5. The molecule has 2 aliphatic rings. The molecule has 0 aromatic rings. The van der Waals surface area contributed by atoms with Crippen LogP contribution < -0.4 is 10.6 Å². The molecule has 0 bridgehead atoms. The first-order valence-corrected chi connectivity index (χ1v) is 7.62. The predicted octanol–water partition coefficient (Wildman–Crippen LogP) is 0.934. The Hall–Kier alpha value is -0.650. The van der Waals surface area contributed by atoms with Crippen LogP contribution in [0.2, 0.25) is 0 Å². The molecule has 0 saturated carbocycles. The molecule has 20 heavy (non-hydrogen) atoms. The van der Waals surface area contributed by atoms with Gasteiger partial charge in [-0.25, -0.2) is 0 Å². The van der Waals surface area contributed by atoms with Crippen LogP contribution in [0.15, 0.2) is 0 Å². The van der Waals surface area contributed by atoms with Crippen molar-refractivity contribution >= 4 is 5.91 Å². The van der Waals surface area contributed by atoms with Crippen LogP contribution in [0, 0.1) is 11.3 Å². The van der Waals surface area contributed by atoms with Crippen LogP contribution in [0.25, 0.3) is 0 Å². The van der Waals surface area contributed by atoms with Crippen molar-refractivity contribution in [2.75, 3.05) is 40.0 Å². The van der Waals surface area contributed by atoms with Crippen molar-refractivity contribution in [2.45, 2.75) is 38.7 Å². The molecule has 0 radical (unpaired) electrons. The smallest absolute Gasteiger partial charge is 0.226 e. The van der Waals surface area contributed by atoms with Gasteiger partial charge in [-0.05, 0) is 31.8 Å². The average molecular weight is 284 g/mol. The van der Waals surface area contributed by atoms with E-state index in [0.29, 0.717) is 25.7 Å². The van der Waals surface area contributed by atoms with E-state index in [9.17, 15) is 4.79 Å². The van der Waals surface area contributed by atoms with Crippen LogP contribution in [0.3, 0.4) is 0 Å². The topological polar surface area (TPSA) is 59.6 Å². The van der Waals surface area contributed by atoms with Crippen molar-refractivity contribution in [1.29, 1.82) is 0 Å². The minimum atomic E-state index is -0.345. The lowest BCUT2D eigenvalue weighted by Gasteiger charge is -2.37. The zero-order chi connectivity index (χ0) is 14.6. The molecule has 0 aromatic carbocycles. The summed E-state index contributed by atoms with van der Waals surface area (Å²) < 4.78 is 11.0. The molecule has 0 spiro atoms. The van der Waals surface area contributed by atoms with Gasteiger partial charge in [0.05, 0.1) is 6.61 Å². The highest BCUT2D eigenvalue weighted by Gasteiger charge is 2.40. The molecule has 2 heterocycles. The summed E-state index contributed by atoms with van der Waals surface area (Å²) in [5, 5.41) is 6.47. The van der Waals surface area contributed by atoms with Gasteiger partial charge in [-0.15, -0.1) is 0 Å². The van der Waals surface area contributed by atoms with Gasteiger partial charge in [-0.3, -0.25) is 4.79 Å². The fraction of sp³-hybridized carbons (Fsp3) is 0.933. The molecular weight excluding hydrogens is 256 g/mol. The third kappa shape index (κ3) is 3.32. The number of hydrogen-bond acceptors (Lipinski definition) is 4. The number of ether oxygens (including phenoxy) is 2. The molecule has 2 unspecified atom stereocenters. The Bertz CT molecular complexity index is 332. The van der Waals surface area contributed by atoms with Gasteiger partial charge in [-0.1, -0.05) is 13.8 Å². The second-order valence-corrected chi connectivity index (χ2v) is 6.64. The summed E-state index contributed by atoms with van der Waals surface area (Å²) in [4.78, 5) is 12.5. The van der Waals surface area contributed by atoms with Crippen LogP contribution in [-0.4, -0.2) is 51.5 Å². The Morgan fingerprint density at radius 3 is 2.90 bits per heavy atom. The second kappa shape index (κ2) is 6.41. The van der Waals surface area contributed by atoms with Gasteiger partial charge in [0.2, 0.25) is 5.91 Å². The second-order valence-electron chi connectivity index (χ2n) is 6.64. The molecule has 2 rings (SSSR count). The molecule has 2 N–H and O–H groups in total. The van der Waals surface area contributed by atoms with Crippen LogP contribution in [0.1, 0.15) is 33.1 Å². The maximum atomic E-state index is 12.5. The largest absolute Gasteiger partial charge is 0.378 e. The Morgan fingerprint density at radius 2 is 2.35 bits per heavy atom. The first-order chi connectivity index (χ1) is 9.50. The van der Waals surface area contributed by atoms with Crippen LogP contribution in [-0.2, 0) is 14.3 Å². The molecule has 5 nitrogen and oxygen atoms in total. The van der Waals surface area contributed by atoms with Gasteiger partial charge in [0.15, 0.2) is 0 Å². The van der Waals surface area contributed by atoms with E-state index >= 15 is 0 Å². The Morgan fingerprint density at radius 1 is 1.55 bits per heavy atom. The summed E-state index contributed by atoms with van der Waals surface area (Å²) in [5.41, 5.74) is -0.682. The number of piperidine rings is 1. The summed E-state index contributed by atoms with van der Waals surface area (Å²) >= 11 is 0. The lowest BCUT2D eigenvalue weighted by molar-refractivity contribution is -0.134. The molecule has 2 aliphatic heterocycles. The Balaban J connectivity index is 1.89. The van der Waals surface area contributed by atoms with Crippen LogP contribution in [0.5, 0.6) is 0 Å². The van der Waals surface area contributed by atoms with E-state index in [2.05, 4.69) is 10.6 Å². The summed E-state index contributed by atoms with van der Waals surface area (Å²) in [6.07, 6.45) is 3.11. The highest BCUT2D eigenvalue weighted by Crippen LogP contribution is 2.32. The predicted molar refractivity (Wildman–Crippen MR) is 77.6 cm³/mol. The third-order valence-corrected chi connectivity index (χ3v) is 4.97. The number of rotatable bonds is 5. The van der Waals surface area contributed by atoms with Gasteiger partial charge in [0.25, 0.3) is 0 Å². The van der Waals surface area contributed by atoms with E-state index in [1.165, 1.54) is 0 Å². The third-order valence-electron chi connectivity index (χ3n) is 4.97. The summed E-state index contributed by atoms with van der Waals surface area (Å²) in [6, 6.07) is 0. The van der Waals surface area contributed by atoms with Crippen LogP contribution in [0.4, 0.5) is 0 Å². The molecule has 1 amide bonds. The first kappa shape index (κ1) is 15.7. The molecule has 2 atom stereocenters. The standard InChI is InChI=1S/C15H28N2O3/c1-14(2,12-5-4-7-16-9-12)13(18)17-10-15(19-3)6-8-20-11-15/h12,16H,4-11H2,1-3H3,(H,17,18). The van der Waals surface area contributed by atoms with E-state index in [1.807, 2.05) is 13.8 Å². The van der Waals surface area contributed by atoms with Crippen molar-refractivity contribution in [3.63, 3.8) is 0 Å². The van der Waals surface area contributed by atoms with Gasteiger partial charge >= 0.3 is 0 Å². The monoisotopic (exact) mass is 284 g/mol. The van der Waals surface area contributed by atoms with Gasteiger partial charge in [-0.2, -0.15) is 0 Å². The maximum Gasteiger partial charge on any atom is 0.226 e. The van der Waals surface area contributed by atoms with Crippen molar-refractivity contribution in [2.24, 2.45) is 11.3 Å². The van der Waals surface area contributed by atoms with Crippen molar-refractivity contribution < 1.29 is 14.3 Å². The lowest BCUT2D eigenvalue weighted by Crippen LogP contribution is -2.52. The number of hydrogen-bond donors (Lipinski definition) is 2. The molecule has 116 valence electrons. The number of amides is 1. The average Bonchev–Trinajstić information content (AvgIpc) is 2.95. The van der Waals surface area contributed by atoms with E-state index < -0.39 is 0 Å². The Kier molecular flexibility index (Phi) is 5.04. The first-order valence-electron chi connectivity index (χ1n) is 7.62. The summed E-state index contributed by atoms with van der Waals surface area (Å²) in [5.74, 6) is 0.518. The molecule has 2 saturated heterocycles. The van der Waals surface area contributed by atoms with Gasteiger partial charge in [0.1, 0.15) is 5.60 Å². The zero-order valence-corrected chi connectivity index (χ0v) is 13.0. The van der Waals surface area contributed by atoms with Gasteiger partial charge in [0, 0.05) is 32.1 Å². The van der Waals surface area contributed by atoms with E-state index in [-0.39, 0.29) is 16.9 Å². The fourth-order valence-electron chi connectivity index (χ4n) is 3.08. The number of carbonyl (C=O) groups excluding carboxylic acids is 1. The summed E-state index contributed by atoms with van der Waals surface area (Å²) in [7, 11) is 1.69. The van der Waals surface area contributed by atoms with E-state index in [0.717, 1.165) is 32.4 Å². The minimum Gasteiger partial charge on any atom is -0.378 e. The van der Waals surface area contributed by atoms with E-state index in [1.54, 1.807) is 7.11 Å². The molecule has 5 heteroatoms. The van der Waals surface area contributed by atoms with Crippen molar-refractivity contribution in [3.05, 3.63) is 0 Å². The van der Waals surface area contributed by atoms with Gasteiger partial charge < -0.3 is 20.1 Å². The minimum absolute atomic E-state index is 0.120. The van der Waals surface area contributed by atoms with Crippen molar-refractivity contribution in [3.8, 4) is 0 Å². The number of nitrogens with one attached hydrogen (secondary N) is 2. The molecule has 0 aliphatic carbocycles. The molecule has 2 fully saturated rings. The lowest BCUT2D eigenvalue weighted by atomic mass is 9.74. The Labute approximate surface area is 121 Å². The molecular formula is C15H28N2O3. The van der Waals surface area contributed by atoms with Crippen LogP contribution >= 0.6 is 0 Å². The summed E-state index contributed by atoms with van der Waals surface area (Å²) in [6.45, 7) is 7.90. The van der Waals surface area contributed by atoms with Crippen molar-refractivity contribution in [1.82, 2.24) is 10.6 Å². The SMILES string of the molecule is COC1(CNC(=O)C(C)(C)C2CCCNC2)CCOC1. The highest BCUT2D eigenvalue weighted by molar-refractivity contribution is 5.82. The van der Waals surface area contributed by atoms with E-state index in [4.69, 9.17) is 9.47 Å². The normalized spacial score (nSPS) is 31.2.